The van der Waals surface area contributed by atoms with Gasteiger partial charge < -0.3 is 5.32 Å². The number of hydrogen-bond donors (Lipinski definition) is 1. The molecule has 0 amide bonds. The Balaban J connectivity index is 1.91. The van der Waals surface area contributed by atoms with Crippen LogP contribution in [0.4, 0.5) is 0 Å². The van der Waals surface area contributed by atoms with Crippen LogP contribution < -0.4 is 5.32 Å². The normalized spacial score (nSPS) is 24.1. The van der Waals surface area contributed by atoms with E-state index in [4.69, 9.17) is 0 Å². The van der Waals surface area contributed by atoms with Crippen molar-refractivity contribution in [1.82, 2.24) is 5.32 Å². The molecule has 1 aromatic carbocycles. The van der Waals surface area contributed by atoms with E-state index in [9.17, 15) is 0 Å². The average Bonchev–Trinajstić information content (AvgIpc) is 2.37. The third-order valence-corrected chi connectivity index (χ3v) is 4.96. The van der Waals surface area contributed by atoms with Crippen LogP contribution in [-0.2, 0) is 6.54 Å². The lowest BCUT2D eigenvalue weighted by Crippen LogP contribution is -2.15. The minimum atomic E-state index is 0.836. The number of nitrogens with one attached hydrogen (secondary N) is 1. The monoisotopic (exact) mass is 263 g/mol. The van der Waals surface area contributed by atoms with Gasteiger partial charge in [0.05, 0.1) is 0 Å². The van der Waals surface area contributed by atoms with E-state index in [1.165, 1.54) is 36.1 Å². The van der Waals surface area contributed by atoms with Crippen LogP contribution in [0.25, 0.3) is 0 Å². The van der Waals surface area contributed by atoms with Crippen LogP contribution in [0.2, 0.25) is 0 Å². The molecule has 0 spiro atoms. The van der Waals surface area contributed by atoms with Gasteiger partial charge in [0.15, 0.2) is 0 Å². The molecule has 2 heteroatoms. The van der Waals surface area contributed by atoms with Gasteiger partial charge in [-0.1, -0.05) is 38.8 Å². The first kappa shape index (κ1) is 14.0. The highest BCUT2D eigenvalue weighted by Gasteiger charge is 2.19. The summed E-state index contributed by atoms with van der Waals surface area (Å²) in [4.78, 5) is 1.45. The molecule has 1 N–H and O–H groups in total. The van der Waals surface area contributed by atoms with Gasteiger partial charge in [0.25, 0.3) is 0 Å². The van der Waals surface area contributed by atoms with Crippen LogP contribution in [0, 0.1) is 5.92 Å². The molecule has 2 atom stereocenters. The van der Waals surface area contributed by atoms with Crippen LogP contribution >= 0.6 is 11.8 Å². The molecule has 1 saturated carbocycles. The zero-order valence-electron chi connectivity index (χ0n) is 11.6. The second kappa shape index (κ2) is 7.20. The van der Waals surface area contributed by atoms with Gasteiger partial charge in [-0.2, -0.15) is 0 Å². The van der Waals surface area contributed by atoms with Gasteiger partial charge in [-0.05, 0) is 43.0 Å². The Bertz CT molecular complexity index is 364. The summed E-state index contributed by atoms with van der Waals surface area (Å²) in [5.74, 6) is 0.918. The standard InChI is InChI=1S/C16H25NS/c1-3-17-12-14-7-5-9-16(11-14)18-15-8-4-6-13(2)10-15/h5,7,9,11,13,15,17H,3-4,6,8,10,12H2,1-2H3. The molecular weight excluding hydrogens is 238 g/mol. The third-order valence-electron chi connectivity index (χ3n) is 3.67. The maximum absolute atomic E-state index is 3.39. The largest absolute Gasteiger partial charge is 0.313 e. The van der Waals surface area contributed by atoms with Crippen molar-refractivity contribution in [3.8, 4) is 0 Å². The molecule has 0 heterocycles. The molecule has 0 saturated heterocycles. The van der Waals surface area contributed by atoms with Crippen molar-refractivity contribution >= 4 is 11.8 Å². The summed E-state index contributed by atoms with van der Waals surface area (Å²) in [6.45, 7) is 6.58. The average molecular weight is 263 g/mol. The van der Waals surface area contributed by atoms with Crippen molar-refractivity contribution in [2.75, 3.05) is 6.54 Å². The highest BCUT2D eigenvalue weighted by molar-refractivity contribution is 8.00. The smallest absolute Gasteiger partial charge is 0.0205 e. The fraction of sp³-hybridized carbons (Fsp3) is 0.625. The second-order valence-corrected chi connectivity index (χ2v) is 6.81. The molecule has 1 nitrogen and oxygen atoms in total. The Hall–Kier alpha value is -0.470. The molecule has 1 aliphatic carbocycles. The summed E-state index contributed by atoms with van der Waals surface area (Å²) in [6.07, 6.45) is 5.63. The fourth-order valence-electron chi connectivity index (χ4n) is 2.68. The Morgan fingerprint density at radius 3 is 3.00 bits per heavy atom. The van der Waals surface area contributed by atoms with E-state index in [1.54, 1.807) is 0 Å². The zero-order chi connectivity index (χ0) is 12.8. The van der Waals surface area contributed by atoms with Gasteiger partial charge >= 0.3 is 0 Å². The molecule has 1 aromatic rings. The summed E-state index contributed by atoms with van der Waals surface area (Å²) in [5.41, 5.74) is 1.41. The molecule has 18 heavy (non-hydrogen) atoms. The molecule has 1 aliphatic rings. The summed E-state index contributed by atoms with van der Waals surface area (Å²) in [7, 11) is 0. The van der Waals surface area contributed by atoms with Crippen molar-refractivity contribution in [1.29, 1.82) is 0 Å². The zero-order valence-corrected chi connectivity index (χ0v) is 12.4. The predicted molar refractivity (Wildman–Crippen MR) is 81.1 cm³/mol. The third kappa shape index (κ3) is 4.33. The predicted octanol–water partition coefficient (Wildman–Crippen LogP) is 4.47. The Kier molecular flexibility index (Phi) is 5.58. The summed E-state index contributed by atoms with van der Waals surface area (Å²) >= 11 is 2.09. The summed E-state index contributed by atoms with van der Waals surface area (Å²) in [5, 5.41) is 4.23. The minimum Gasteiger partial charge on any atom is -0.313 e. The van der Waals surface area contributed by atoms with Crippen molar-refractivity contribution in [3.63, 3.8) is 0 Å². The lowest BCUT2D eigenvalue weighted by molar-refractivity contribution is 0.394. The van der Waals surface area contributed by atoms with Gasteiger partial charge in [0.2, 0.25) is 0 Å². The van der Waals surface area contributed by atoms with Gasteiger partial charge in [-0.3, -0.25) is 0 Å². The van der Waals surface area contributed by atoms with Crippen LogP contribution in [0.15, 0.2) is 29.2 Å². The van der Waals surface area contributed by atoms with E-state index < -0.39 is 0 Å². The molecule has 2 rings (SSSR count). The van der Waals surface area contributed by atoms with Crippen molar-refractivity contribution in [2.24, 2.45) is 5.92 Å². The highest BCUT2D eigenvalue weighted by Crippen LogP contribution is 2.36. The first-order chi connectivity index (χ1) is 8.78. The maximum Gasteiger partial charge on any atom is 0.0205 e. The summed E-state index contributed by atoms with van der Waals surface area (Å²) < 4.78 is 0. The highest BCUT2D eigenvalue weighted by atomic mass is 32.2. The molecule has 0 bridgehead atoms. The van der Waals surface area contributed by atoms with E-state index in [1.807, 2.05) is 0 Å². The molecule has 2 unspecified atom stereocenters. The van der Waals surface area contributed by atoms with E-state index in [2.05, 4.69) is 55.2 Å². The van der Waals surface area contributed by atoms with E-state index in [0.717, 1.165) is 24.3 Å². The molecule has 0 aliphatic heterocycles. The Labute approximate surface area is 116 Å². The minimum absolute atomic E-state index is 0.836. The second-order valence-electron chi connectivity index (χ2n) is 5.44. The van der Waals surface area contributed by atoms with E-state index in [-0.39, 0.29) is 0 Å². The molecule has 0 aromatic heterocycles. The fourth-order valence-corrected chi connectivity index (χ4v) is 4.15. The topological polar surface area (TPSA) is 12.0 Å². The molecular formula is C16H25NS. The first-order valence-corrected chi connectivity index (χ1v) is 8.12. The number of hydrogen-bond acceptors (Lipinski definition) is 2. The lowest BCUT2D eigenvalue weighted by Gasteiger charge is -2.26. The van der Waals surface area contributed by atoms with Gasteiger partial charge in [0.1, 0.15) is 0 Å². The Morgan fingerprint density at radius 2 is 2.22 bits per heavy atom. The molecule has 1 fully saturated rings. The van der Waals surface area contributed by atoms with E-state index >= 15 is 0 Å². The SMILES string of the molecule is CCNCc1cccc(SC2CCCC(C)C2)c1. The van der Waals surface area contributed by atoms with Crippen LogP contribution in [0.3, 0.4) is 0 Å². The molecule has 0 radical (unpaired) electrons. The van der Waals surface area contributed by atoms with Crippen molar-refractivity contribution in [2.45, 2.75) is 56.2 Å². The van der Waals surface area contributed by atoms with Gasteiger partial charge in [0, 0.05) is 16.7 Å². The molecule has 100 valence electrons. The van der Waals surface area contributed by atoms with Gasteiger partial charge in [-0.15, -0.1) is 11.8 Å². The number of thioether (sulfide) groups is 1. The first-order valence-electron chi connectivity index (χ1n) is 7.24. The van der Waals surface area contributed by atoms with Gasteiger partial charge in [-0.25, -0.2) is 0 Å². The number of rotatable bonds is 5. The summed E-state index contributed by atoms with van der Waals surface area (Å²) in [6, 6.07) is 9.03. The van der Waals surface area contributed by atoms with Crippen LogP contribution in [0.1, 0.15) is 45.1 Å². The van der Waals surface area contributed by atoms with Crippen molar-refractivity contribution in [3.05, 3.63) is 29.8 Å². The van der Waals surface area contributed by atoms with Crippen molar-refractivity contribution < 1.29 is 0 Å². The number of benzene rings is 1. The Morgan fingerprint density at radius 1 is 1.33 bits per heavy atom. The lowest BCUT2D eigenvalue weighted by atomic mass is 9.91. The quantitative estimate of drug-likeness (QED) is 0.841. The van der Waals surface area contributed by atoms with E-state index in [0.29, 0.717) is 0 Å². The maximum atomic E-state index is 3.39. The van der Waals surface area contributed by atoms with Crippen LogP contribution in [-0.4, -0.2) is 11.8 Å². The van der Waals surface area contributed by atoms with Crippen LogP contribution in [0.5, 0.6) is 0 Å².